The summed E-state index contributed by atoms with van der Waals surface area (Å²) < 4.78 is 2.41. The zero-order valence-electron chi connectivity index (χ0n) is 20.9. The fourth-order valence-electron chi connectivity index (χ4n) is 5.33. The number of hydrogen-bond acceptors (Lipinski definition) is 2. The molecule has 176 valence electrons. The number of benzene rings is 2. The Hall–Kier alpha value is -2.10. The molecule has 3 aromatic rings. The zero-order chi connectivity index (χ0) is 23.5. The maximum Gasteiger partial charge on any atom is 0.152 e. The van der Waals surface area contributed by atoms with Crippen molar-refractivity contribution in [3.05, 3.63) is 75.6 Å². The number of aromatic nitrogens is 2. The van der Waals surface area contributed by atoms with Gasteiger partial charge in [-0.15, -0.1) is 0 Å². The molecule has 33 heavy (non-hydrogen) atoms. The van der Waals surface area contributed by atoms with E-state index < -0.39 is 0 Å². The van der Waals surface area contributed by atoms with Gasteiger partial charge < -0.3 is 4.57 Å². The minimum Gasteiger partial charge on any atom is -0.325 e. The molecule has 0 saturated carbocycles. The molecule has 0 bridgehead atoms. The summed E-state index contributed by atoms with van der Waals surface area (Å²) in [6.07, 6.45) is 4.51. The van der Waals surface area contributed by atoms with Crippen LogP contribution in [0.25, 0.3) is 11.4 Å². The Morgan fingerprint density at radius 1 is 1.06 bits per heavy atom. The zero-order valence-corrected chi connectivity index (χ0v) is 21.6. The second kappa shape index (κ2) is 10.4. The number of aryl methyl sites for hydroxylation is 2. The van der Waals surface area contributed by atoms with Gasteiger partial charge in [0.15, 0.2) is 5.15 Å². The first-order valence-corrected chi connectivity index (χ1v) is 12.9. The molecule has 1 aliphatic rings. The van der Waals surface area contributed by atoms with Gasteiger partial charge in [-0.1, -0.05) is 81.3 Å². The number of rotatable bonds is 8. The van der Waals surface area contributed by atoms with E-state index in [1.54, 1.807) is 0 Å². The highest BCUT2D eigenvalue weighted by Gasteiger charge is 2.30. The van der Waals surface area contributed by atoms with Crippen LogP contribution in [0.3, 0.4) is 0 Å². The first kappa shape index (κ1) is 24.0. The molecule has 0 amide bonds. The van der Waals surface area contributed by atoms with E-state index in [-0.39, 0.29) is 0 Å². The van der Waals surface area contributed by atoms with Gasteiger partial charge in [-0.05, 0) is 61.3 Å². The number of halogens is 1. The van der Waals surface area contributed by atoms with Crippen molar-refractivity contribution in [1.82, 2.24) is 14.5 Å². The van der Waals surface area contributed by atoms with Crippen molar-refractivity contribution in [2.24, 2.45) is 5.92 Å². The Kier molecular flexibility index (Phi) is 7.61. The molecule has 0 fully saturated rings. The van der Waals surface area contributed by atoms with Gasteiger partial charge in [-0.2, -0.15) is 0 Å². The Bertz CT molecular complexity index is 1080. The smallest absolute Gasteiger partial charge is 0.152 e. The van der Waals surface area contributed by atoms with Gasteiger partial charge >= 0.3 is 0 Å². The average Bonchev–Trinajstić information content (AvgIpc) is 3.08. The molecule has 1 aliphatic heterocycles. The molecule has 2 aromatic carbocycles. The van der Waals surface area contributed by atoms with E-state index in [2.05, 4.69) is 86.6 Å². The number of unbranched alkanes of at least 4 members (excludes halogenated alkanes) is 1. The summed E-state index contributed by atoms with van der Waals surface area (Å²) in [4.78, 5) is 7.59. The minimum absolute atomic E-state index is 0.421. The van der Waals surface area contributed by atoms with Gasteiger partial charge in [0.05, 0.1) is 5.69 Å². The molecule has 4 heteroatoms. The van der Waals surface area contributed by atoms with Crippen molar-refractivity contribution in [2.75, 3.05) is 6.54 Å². The Morgan fingerprint density at radius 3 is 2.48 bits per heavy atom. The lowest BCUT2D eigenvalue weighted by Gasteiger charge is -2.38. The third-order valence-electron chi connectivity index (χ3n) is 7.03. The Balaban J connectivity index is 1.75. The van der Waals surface area contributed by atoms with Crippen molar-refractivity contribution in [3.8, 4) is 11.4 Å². The number of hydrogen-bond donors (Lipinski definition) is 0. The third-order valence-corrected chi connectivity index (χ3v) is 7.34. The second-order valence-corrected chi connectivity index (χ2v) is 10.4. The van der Waals surface area contributed by atoms with E-state index in [1.165, 1.54) is 27.8 Å². The summed E-state index contributed by atoms with van der Waals surface area (Å²) in [6, 6.07) is 15.9. The summed E-state index contributed by atoms with van der Waals surface area (Å²) in [7, 11) is 0. The second-order valence-electron chi connectivity index (χ2n) is 10.0. The number of fused-ring (bicyclic) bond motifs is 1. The van der Waals surface area contributed by atoms with Gasteiger partial charge in [0.25, 0.3) is 0 Å². The highest BCUT2D eigenvalue weighted by Crippen LogP contribution is 2.37. The lowest BCUT2D eigenvalue weighted by atomic mass is 9.87. The van der Waals surface area contributed by atoms with Crippen molar-refractivity contribution in [3.63, 3.8) is 0 Å². The highest BCUT2D eigenvalue weighted by molar-refractivity contribution is 6.30. The lowest BCUT2D eigenvalue weighted by molar-refractivity contribution is 0.150. The summed E-state index contributed by atoms with van der Waals surface area (Å²) in [5, 5.41) is 0.658. The Morgan fingerprint density at radius 2 is 1.79 bits per heavy atom. The minimum atomic E-state index is 0.421. The molecule has 0 aliphatic carbocycles. The summed E-state index contributed by atoms with van der Waals surface area (Å²) in [5.74, 6) is 1.66. The van der Waals surface area contributed by atoms with Gasteiger partial charge in [-0.25, -0.2) is 4.98 Å². The predicted octanol–water partition coefficient (Wildman–Crippen LogP) is 7.77. The van der Waals surface area contributed by atoms with E-state index in [0.29, 0.717) is 17.1 Å². The topological polar surface area (TPSA) is 21.1 Å². The molecule has 1 unspecified atom stereocenters. The van der Waals surface area contributed by atoms with Gasteiger partial charge in [0.2, 0.25) is 0 Å². The van der Waals surface area contributed by atoms with E-state index in [1.807, 2.05) is 0 Å². The lowest BCUT2D eigenvalue weighted by Crippen LogP contribution is -2.36. The normalized spacial score (nSPS) is 16.4. The summed E-state index contributed by atoms with van der Waals surface area (Å²) in [6.45, 7) is 14.1. The molecule has 4 rings (SSSR count). The van der Waals surface area contributed by atoms with Crippen LogP contribution in [0.15, 0.2) is 42.5 Å². The van der Waals surface area contributed by atoms with Crippen LogP contribution < -0.4 is 0 Å². The van der Waals surface area contributed by atoms with Crippen LogP contribution in [0.1, 0.15) is 74.0 Å². The standard InChI is InChI=1S/C29H38ClN3/c1-6-7-16-33-26(28(30)31-29(33)27-21(4)11-10-12-22(27)5)19-32-17-15-23-13-8-9-14-24(23)25(32)18-20(2)3/h8-14,20,25H,6-7,15-19H2,1-5H3. The van der Waals surface area contributed by atoms with E-state index in [4.69, 9.17) is 16.6 Å². The maximum atomic E-state index is 6.90. The fourth-order valence-corrected chi connectivity index (χ4v) is 5.57. The van der Waals surface area contributed by atoms with Crippen LogP contribution in [-0.4, -0.2) is 21.0 Å². The molecular weight excluding hydrogens is 426 g/mol. The molecule has 0 saturated heterocycles. The average molecular weight is 464 g/mol. The summed E-state index contributed by atoms with van der Waals surface area (Å²) >= 11 is 6.90. The van der Waals surface area contributed by atoms with E-state index >= 15 is 0 Å². The van der Waals surface area contributed by atoms with Crippen molar-refractivity contribution in [1.29, 1.82) is 0 Å². The van der Waals surface area contributed by atoms with Crippen LogP contribution in [0.4, 0.5) is 0 Å². The summed E-state index contributed by atoms with van der Waals surface area (Å²) in [5.41, 5.74) is 7.89. The molecule has 0 radical (unpaired) electrons. The van der Waals surface area contributed by atoms with Crippen LogP contribution in [0.2, 0.25) is 5.15 Å². The third kappa shape index (κ3) is 5.05. The van der Waals surface area contributed by atoms with Crippen LogP contribution >= 0.6 is 11.6 Å². The molecule has 0 spiro atoms. The molecule has 1 atom stereocenters. The van der Waals surface area contributed by atoms with Crippen molar-refractivity contribution in [2.45, 2.75) is 79.4 Å². The van der Waals surface area contributed by atoms with Crippen LogP contribution in [0.5, 0.6) is 0 Å². The number of nitrogens with zero attached hydrogens (tertiary/aromatic N) is 3. The maximum absolute atomic E-state index is 6.90. The SMILES string of the molecule is CCCCn1c(-c2c(C)cccc2C)nc(Cl)c1CN1CCc2ccccc2C1CC(C)C. The van der Waals surface area contributed by atoms with Gasteiger partial charge in [0.1, 0.15) is 5.82 Å². The van der Waals surface area contributed by atoms with Crippen molar-refractivity contribution >= 4 is 11.6 Å². The number of imidazole rings is 1. The molecule has 3 nitrogen and oxygen atoms in total. The van der Waals surface area contributed by atoms with E-state index in [9.17, 15) is 0 Å². The molecule has 0 N–H and O–H groups in total. The first-order chi connectivity index (χ1) is 15.9. The highest BCUT2D eigenvalue weighted by atomic mass is 35.5. The molecule has 2 heterocycles. The van der Waals surface area contributed by atoms with Gasteiger partial charge in [0, 0.05) is 31.2 Å². The van der Waals surface area contributed by atoms with Gasteiger partial charge in [-0.3, -0.25) is 4.90 Å². The fraction of sp³-hybridized carbons (Fsp3) is 0.483. The quantitative estimate of drug-likeness (QED) is 0.340. The molecule has 1 aromatic heterocycles. The predicted molar refractivity (Wildman–Crippen MR) is 140 cm³/mol. The van der Waals surface area contributed by atoms with E-state index in [0.717, 1.165) is 56.8 Å². The van der Waals surface area contributed by atoms with Crippen LogP contribution in [0, 0.1) is 19.8 Å². The first-order valence-electron chi connectivity index (χ1n) is 12.5. The largest absolute Gasteiger partial charge is 0.325 e. The monoisotopic (exact) mass is 463 g/mol. The van der Waals surface area contributed by atoms with Crippen molar-refractivity contribution < 1.29 is 0 Å². The Labute approximate surface area is 204 Å². The molecular formula is C29H38ClN3. The van der Waals surface area contributed by atoms with Crippen LogP contribution in [-0.2, 0) is 19.5 Å².